The van der Waals surface area contributed by atoms with Crippen molar-refractivity contribution in [3.8, 4) is 0 Å². The Balaban J connectivity index is 0.000000169. The lowest BCUT2D eigenvalue weighted by molar-refractivity contribution is -0.522. The van der Waals surface area contributed by atoms with E-state index in [2.05, 4.69) is 56.4 Å². The van der Waals surface area contributed by atoms with E-state index < -0.39 is 20.2 Å². The Morgan fingerprint density at radius 2 is 1.61 bits per heavy atom. The van der Waals surface area contributed by atoms with Crippen LogP contribution in [0, 0.1) is 0 Å². The quantitative estimate of drug-likeness (QED) is 0.338. The molecule has 2 aromatic carbocycles. The highest BCUT2D eigenvalue weighted by molar-refractivity contribution is 7.86. The molecule has 0 aromatic heterocycles. The zero-order chi connectivity index (χ0) is 25.9. The van der Waals surface area contributed by atoms with Gasteiger partial charge in [-0.05, 0) is 48.4 Å². The SMILES string of the molecule is C1=NCCCc2ccccc21.O=S(=O)([O-])CCC[N+]1=Cc2ccccc2CCC1.O=S1(=O)CCCO1. The number of hydrogen-bond donors (Lipinski definition) is 0. The molecule has 0 amide bonds. The Hall–Kier alpha value is -2.40. The number of benzene rings is 2. The Morgan fingerprint density at radius 1 is 0.944 bits per heavy atom. The summed E-state index contributed by atoms with van der Waals surface area (Å²) in [6.45, 7) is 2.89. The highest BCUT2D eigenvalue weighted by Gasteiger charge is 2.17. The first kappa shape index (κ1) is 28.2. The predicted octanol–water partition coefficient (Wildman–Crippen LogP) is 2.79. The highest BCUT2D eigenvalue weighted by Crippen LogP contribution is 2.13. The van der Waals surface area contributed by atoms with Crippen LogP contribution in [0.25, 0.3) is 0 Å². The first-order valence-corrected chi connectivity index (χ1v) is 15.4. The largest absolute Gasteiger partial charge is 0.748 e. The summed E-state index contributed by atoms with van der Waals surface area (Å²) in [5.41, 5.74) is 5.26. The molecule has 0 N–H and O–H groups in total. The number of aryl methyl sites for hydroxylation is 2. The fourth-order valence-electron chi connectivity index (χ4n) is 4.13. The molecule has 3 aliphatic heterocycles. The molecule has 0 spiro atoms. The molecule has 2 aromatic rings. The van der Waals surface area contributed by atoms with Gasteiger partial charge in [-0.3, -0.25) is 9.18 Å². The molecule has 0 aliphatic carbocycles. The molecule has 0 radical (unpaired) electrons. The van der Waals surface area contributed by atoms with Crippen LogP contribution in [0.3, 0.4) is 0 Å². The van der Waals surface area contributed by atoms with Crippen LogP contribution < -0.4 is 0 Å². The van der Waals surface area contributed by atoms with Gasteiger partial charge in [0.2, 0.25) is 0 Å². The Morgan fingerprint density at radius 3 is 2.25 bits per heavy atom. The average molecular weight is 535 g/mol. The van der Waals surface area contributed by atoms with Gasteiger partial charge in [-0.2, -0.15) is 8.42 Å². The fraction of sp³-hybridized carbons (Fsp3) is 0.462. The predicted molar refractivity (Wildman–Crippen MR) is 141 cm³/mol. The Bertz CT molecular complexity index is 1260. The summed E-state index contributed by atoms with van der Waals surface area (Å²) < 4.78 is 58.5. The summed E-state index contributed by atoms with van der Waals surface area (Å²) in [4.78, 5) is 4.29. The second-order valence-corrected chi connectivity index (χ2v) is 12.1. The lowest BCUT2D eigenvalue weighted by atomic mass is 10.1. The number of nitrogens with zero attached hydrogens (tertiary/aromatic N) is 2. The van der Waals surface area contributed by atoms with Crippen molar-refractivity contribution in [2.24, 2.45) is 4.99 Å². The fourth-order valence-corrected chi connectivity index (χ4v) is 5.58. The van der Waals surface area contributed by atoms with Crippen molar-refractivity contribution in [1.82, 2.24) is 0 Å². The summed E-state index contributed by atoms with van der Waals surface area (Å²) in [6.07, 6.45) is 9.57. The van der Waals surface area contributed by atoms with E-state index in [0.717, 1.165) is 25.9 Å². The summed E-state index contributed by atoms with van der Waals surface area (Å²) in [5.74, 6) is -0.0774. The normalized spacial score (nSPS) is 18.1. The van der Waals surface area contributed by atoms with E-state index in [1.165, 1.54) is 35.1 Å². The highest BCUT2D eigenvalue weighted by atomic mass is 32.2. The topological polar surface area (TPSA) is 116 Å². The zero-order valence-corrected chi connectivity index (χ0v) is 22.1. The second-order valence-electron chi connectivity index (χ2n) is 8.86. The van der Waals surface area contributed by atoms with Crippen LogP contribution in [0.1, 0.15) is 47.9 Å². The Labute approximate surface area is 214 Å². The van der Waals surface area contributed by atoms with E-state index in [1.54, 1.807) is 0 Å². The van der Waals surface area contributed by atoms with Gasteiger partial charge in [0.1, 0.15) is 13.1 Å². The summed E-state index contributed by atoms with van der Waals surface area (Å²) in [7, 11) is -7.13. The van der Waals surface area contributed by atoms with Gasteiger partial charge in [0.05, 0.1) is 22.5 Å². The van der Waals surface area contributed by atoms with Crippen molar-refractivity contribution in [2.45, 2.75) is 38.5 Å². The molecule has 3 aliphatic rings. The first-order chi connectivity index (χ1) is 17.2. The molecular weight excluding hydrogens is 500 g/mol. The van der Waals surface area contributed by atoms with Crippen LogP contribution >= 0.6 is 0 Å². The lowest BCUT2D eigenvalue weighted by Crippen LogP contribution is -2.18. The van der Waals surface area contributed by atoms with Crippen molar-refractivity contribution in [3.05, 3.63) is 70.8 Å². The zero-order valence-electron chi connectivity index (χ0n) is 20.4. The van der Waals surface area contributed by atoms with Crippen LogP contribution in [0.5, 0.6) is 0 Å². The van der Waals surface area contributed by atoms with Crippen molar-refractivity contribution in [2.75, 3.05) is 37.7 Å². The van der Waals surface area contributed by atoms with Gasteiger partial charge in [0.25, 0.3) is 10.1 Å². The van der Waals surface area contributed by atoms with Gasteiger partial charge in [-0.25, -0.2) is 13.0 Å². The van der Waals surface area contributed by atoms with E-state index in [0.29, 0.717) is 26.0 Å². The monoisotopic (exact) mass is 534 g/mol. The number of hydrogen-bond acceptors (Lipinski definition) is 7. The smallest absolute Gasteiger partial charge is 0.267 e. The lowest BCUT2D eigenvalue weighted by Gasteiger charge is -2.05. The van der Waals surface area contributed by atoms with E-state index >= 15 is 0 Å². The maximum Gasteiger partial charge on any atom is 0.267 e. The average Bonchev–Trinajstić information content (AvgIpc) is 3.02. The van der Waals surface area contributed by atoms with Gasteiger partial charge in [-0.15, -0.1) is 0 Å². The molecule has 0 saturated carbocycles. The van der Waals surface area contributed by atoms with Crippen molar-refractivity contribution >= 4 is 32.7 Å². The van der Waals surface area contributed by atoms with Crippen LogP contribution in [0.4, 0.5) is 0 Å². The van der Waals surface area contributed by atoms with Crippen molar-refractivity contribution in [3.63, 3.8) is 0 Å². The minimum absolute atomic E-state index is 0.201. The first-order valence-electron chi connectivity index (χ1n) is 12.3. The number of rotatable bonds is 4. The van der Waals surface area contributed by atoms with E-state index in [4.69, 9.17) is 0 Å². The van der Waals surface area contributed by atoms with Gasteiger partial charge < -0.3 is 4.55 Å². The molecule has 8 nitrogen and oxygen atoms in total. The summed E-state index contributed by atoms with van der Waals surface area (Å²) in [5, 5.41) is 0. The summed E-state index contributed by atoms with van der Waals surface area (Å²) in [6, 6.07) is 16.7. The Kier molecular flexibility index (Phi) is 10.8. The van der Waals surface area contributed by atoms with Gasteiger partial charge in [-0.1, -0.05) is 42.5 Å². The molecule has 10 heteroatoms. The third-order valence-electron chi connectivity index (χ3n) is 5.93. The molecule has 1 fully saturated rings. The van der Waals surface area contributed by atoms with Gasteiger partial charge in [0.15, 0.2) is 6.21 Å². The third-order valence-corrected chi connectivity index (χ3v) is 8.03. The second kappa shape index (κ2) is 13.8. The van der Waals surface area contributed by atoms with Crippen molar-refractivity contribution < 1.29 is 30.1 Å². The molecule has 0 atom stereocenters. The minimum Gasteiger partial charge on any atom is -0.748 e. The van der Waals surface area contributed by atoms with Crippen LogP contribution in [0.15, 0.2) is 53.5 Å². The maximum atomic E-state index is 10.6. The van der Waals surface area contributed by atoms with Crippen LogP contribution in [0.2, 0.25) is 0 Å². The molecule has 196 valence electrons. The van der Waals surface area contributed by atoms with Gasteiger partial charge in [0, 0.05) is 36.9 Å². The maximum absolute atomic E-state index is 10.6. The molecule has 1 saturated heterocycles. The van der Waals surface area contributed by atoms with Crippen molar-refractivity contribution in [1.29, 1.82) is 0 Å². The third kappa shape index (κ3) is 10.3. The molecule has 3 heterocycles. The number of aliphatic imine (C=N–C) groups is 1. The molecule has 36 heavy (non-hydrogen) atoms. The van der Waals surface area contributed by atoms with E-state index in [9.17, 15) is 21.4 Å². The standard InChI is InChI=1S/C13H17NO3S.C10H11N.C3H6O3S/c15-18(16,17)10-4-9-14-8-3-7-12-5-1-2-6-13(12)11-14;1-2-5-10-8-11-7-3-6-9(10)4-1;4-7(5)3-1-2-6-7/h1-2,5-6,11H,3-4,7-10H2;1-2,4-5,8H,3,6-7H2;1-3H2. The van der Waals surface area contributed by atoms with Gasteiger partial charge >= 0.3 is 0 Å². The molecule has 0 bridgehead atoms. The van der Waals surface area contributed by atoms with E-state index in [-0.39, 0.29) is 11.5 Å². The summed E-state index contributed by atoms with van der Waals surface area (Å²) >= 11 is 0. The van der Waals surface area contributed by atoms with Crippen LogP contribution in [-0.4, -0.2) is 76.1 Å². The molecule has 0 unspecified atom stereocenters. The van der Waals surface area contributed by atoms with E-state index in [1.807, 2.05) is 18.3 Å². The molecule has 5 rings (SSSR count). The molecular formula is C26H34N2O6S2. The minimum atomic E-state index is -4.09. The van der Waals surface area contributed by atoms with Crippen LogP contribution in [-0.2, 0) is 37.3 Å². The number of fused-ring (bicyclic) bond motifs is 2.